The molecule has 3 aliphatic carbocycles. The van der Waals surface area contributed by atoms with Gasteiger partial charge in [0, 0.05) is 0 Å². The fourth-order valence-corrected chi connectivity index (χ4v) is 3.82. The molecular formula is C11H14O2. The zero-order valence-electron chi connectivity index (χ0n) is 7.52. The summed E-state index contributed by atoms with van der Waals surface area (Å²) in [6, 6.07) is 0. The summed E-state index contributed by atoms with van der Waals surface area (Å²) in [7, 11) is 0. The van der Waals surface area contributed by atoms with Gasteiger partial charge >= 0.3 is 5.97 Å². The minimum absolute atomic E-state index is 0.0371. The third kappa shape index (κ3) is 0.862. The van der Waals surface area contributed by atoms with Crippen LogP contribution in [0.1, 0.15) is 19.3 Å². The molecule has 0 radical (unpaired) electrons. The Kier molecular flexibility index (Phi) is 1.38. The van der Waals surface area contributed by atoms with Crippen molar-refractivity contribution >= 4 is 5.97 Å². The number of fused-ring (bicyclic) bond motifs is 5. The summed E-state index contributed by atoms with van der Waals surface area (Å²) in [5.41, 5.74) is 0. The van der Waals surface area contributed by atoms with Crippen LogP contribution in [0.15, 0.2) is 12.2 Å². The predicted molar refractivity (Wildman–Crippen MR) is 48.1 cm³/mol. The van der Waals surface area contributed by atoms with E-state index in [0.717, 1.165) is 18.8 Å². The molecule has 2 saturated carbocycles. The maximum Gasteiger partial charge on any atom is 0.306 e. The van der Waals surface area contributed by atoms with Gasteiger partial charge in [0.15, 0.2) is 0 Å². The highest BCUT2D eigenvalue weighted by atomic mass is 16.4. The molecule has 0 unspecified atom stereocenters. The molecule has 70 valence electrons. The van der Waals surface area contributed by atoms with Crippen LogP contribution in [0.25, 0.3) is 0 Å². The normalized spacial score (nSPS) is 51.2. The largest absolute Gasteiger partial charge is 0.481 e. The van der Waals surface area contributed by atoms with E-state index >= 15 is 0 Å². The molecule has 5 atom stereocenters. The summed E-state index contributed by atoms with van der Waals surface area (Å²) >= 11 is 0. The lowest BCUT2D eigenvalue weighted by molar-refractivity contribution is -0.143. The van der Waals surface area contributed by atoms with Gasteiger partial charge in [-0.2, -0.15) is 0 Å². The first kappa shape index (κ1) is 7.60. The zero-order chi connectivity index (χ0) is 9.00. The summed E-state index contributed by atoms with van der Waals surface area (Å²) in [6.07, 6.45) is 7.87. The summed E-state index contributed by atoms with van der Waals surface area (Å²) in [6.45, 7) is 0. The Balaban J connectivity index is 1.92. The molecule has 0 aromatic carbocycles. The van der Waals surface area contributed by atoms with Crippen LogP contribution >= 0.6 is 0 Å². The van der Waals surface area contributed by atoms with E-state index in [-0.39, 0.29) is 5.92 Å². The lowest BCUT2D eigenvalue weighted by atomic mass is 9.81. The van der Waals surface area contributed by atoms with Crippen LogP contribution < -0.4 is 0 Å². The Hall–Kier alpha value is -0.790. The molecule has 2 heteroatoms. The van der Waals surface area contributed by atoms with Crippen LogP contribution in [0.2, 0.25) is 0 Å². The molecule has 0 spiro atoms. The minimum atomic E-state index is -0.562. The highest BCUT2D eigenvalue weighted by Crippen LogP contribution is 2.57. The minimum Gasteiger partial charge on any atom is -0.481 e. The van der Waals surface area contributed by atoms with Gasteiger partial charge in [-0.15, -0.1) is 0 Å². The summed E-state index contributed by atoms with van der Waals surface area (Å²) in [5.74, 6) is 1.90. The van der Waals surface area contributed by atoms with Gasteiger partial charge in [-0.25, -0.2) is 0 Å². The van der Waals surface area contributed by atoms with Crippen LogP contribution in [-0.2, 0) is 4.79 Å². The second-order valence-electron chi connectivity index (χ2n) is 4.71. The van der Waals surface area contributed by atoms with E-state index in [1.165, 1.54) is 6.42 Å². The fourth-order valence-electron chi connectivity index (χ4n) is 3.82. The van der Waals surface area contributed by atoms with Gasteiger partial charge in [0.2, 0.25) is 0 Å². The average Bonchev–Trinajstić information content (AvgIpc) is 2.76. The molecule has 2 nitrogen and oxygen atoms in total. The van der Waals surface area contributed by atoms with Crippen molar-refractivity contribution in [2.75, 3.05) is 0 Å². The first-order chi connectivity index (χ1) is 6.27. The Bertz CT molecular complexity index is 282. The number of aliphatic carboxylic acids is 1. The topological polar surface area (TPSA) is 37.3 Å². The van der Waals surface area contributed by atoms with E-state index in [1.807, 2.05) is 0 Å². The summed E-state index contributed by atoms with van der Waals surface area (Å²) < 4.78 is 0. The Labute approximate surface area is 77.6 Å². The van der Waals surface area contributed by atoms with Crippen molar-refractivity contribution in [2.45, 2.75) is 19.3 Å². The summed E-state index contributed by atoms with van der Waals surface area (Å²) in [4.78, 5) is 11.0. The van der Waals surface area contributed by atoms with Crippen LogP contribution in [0.5, 0.6) is 0 Å². The maximum atomic E-state index is 11.0. The SMILES string of the molecule is O=C(O)[C@H]1CC[C@H]2[C@@H]1[C@H]1C=C[C@@H]2C1. The molecule has 0 aliphatic heterocycles. The van der Waals surface area contributed by atoms with Crippen LogP contribution in [0.4, 0.5) is 0 Å². The molecule has 0 amide bonds. The maximum absolute atomic E-state index is 11.0. The number of hydrogen-bond donors (Lipinski definition) is 1. The average molecular weight is 178 g/mol. The second-order valence-corrected chi connectivity index (χ2v) is 4.71. The number of carboxylic acids is 1. The highest BCUT2D eigenvalue weighted by Gasteiger charge is 2.53. The van der Waals surface area contributed by atoms with Gasteiger partial charge in [0.1, 0.15) is 0 Å². The van der Waals surface area contributed by atoms with E-state index in [2.05, 4.69) is 12.2 Å². The molecule has 2 fully saturated rings. The van der Waals surface area contributed by atoms with E-state index in [9.17, 15) is 4.79 Å². The zero-order valence-corrected chi connectivity index (χ0v) is 7.52. The van der Waals surface area contributed by atoms with E-state index in [0.29, 0.717) is 17.8 Å². The molecule has 0 aromatic rings. The molecule has 3 aliphatic rings. The van der Waals surface area contributed by atoms with Crippen LogP contribution in [0, 0.1) is 29.6 Å². The van der Waals surface area contributed by atoms with Crippen molar-refractivity contribution in [1.29, 1.82) is 0 Å². The third-order valence-electron chi connectivity index (χ3n) is 4.28. The number of carbonyl (C=O) groups is 1. The quantitative estimate of drug-likeness (QED) is 0.623. The molecule has 3 rings (SSSR count). The number of rotatable bonds is 1. The molecule has 0 heterocycles. The fraction of sp³-hybridized carbons (Fsp3) is 0.727. The Morgan fingerprint density at radius 3 is 2.77 bits per heavy atom. The van der Waals surface area contributed by atoms with Crippen LogP contribution in [0.3, 0.4) is 0 Å². The third-order valence-corrected chi connectivity index (χ3v) is 4.28. The van der Waals surface area contributed by atoms with Gasteiger partial charge in [-0.3, -0.25) is 4.79 Å². The van der Waals surface area contributed by atoms with E-state index in [1.54, 1.807) is 0 Å². The molecular weight excluding hydrogens is 164 g/mol. The Morgan fingerprint density at radius 1 is 1.23 bits per heavy atom. The highest BCUT2D eigenvalue weighted by molar-refractivity contribution is 5.71. The van der Waals surface area contributed by atoms with Gasteiger partial charge in [-0.1, -0.05) is 12.2 Å². The molecule has 13 heavy (non-hydrogen) atoms. The monoisotopic (exact) mass is 178 g/mol. The van der Waals surface area contributed by atoms with Crippen LogP contribution in [-0.4, -0.2) is 11.1 Å². The molecule has 0 saturated heterocycles. The van der Waals surface area contributed by atoms with Crippen molar-refractivity contribution in [2.24, 2.45) is 29.6 Å². The number of carboxylic acid groups (broad SMARTS) is 1. The molecule has 0 aromatic heterocycles. The number of hydrogen-bond acceptors (Lipinski definition) is 1. The predicted octanol–water partition coefficient (Wildman–Crippen LogP) is 1.92. The van der Waals surface area contributed by atoms with Crippen molar-refractivity contribution in [3.8, 4) is 0 Å². The molecule has 2 bridgehead atoms. The Morgan fingerprint density at radius 2 is 2.00 bits per heavy atom. The van der Waals surface area contributed by atoms with Crippen molar-refractivity contribution in [1.82, 2.24) is 0 Å². The second kappa shape index (κ2) is 2.37. The lowest BCUT2D eigenvalue weighted by Gasteiger charge is -2.23. The standard InChI is InChI=1S/C11H14O2/c12-11(13)9-4-3-8-6-1-2-7(5-6)10(8)9/h1-2,6-10H,3-5H2,(H,12,13)/t6-,7+,8-,9+,10+/m1/s1. The first-order valence-corrected chi connectivity index (χ1v) is 5.18. The van der Waals surface area contributed by atoms with Crippen molar-refractivity contribution < 1.29 is 9.90 Å². The molecule has 1 N–H and O–H groups in total. The smallest absolute Gasteiger partial charge is 0.306 e. The van der Waals surface area contributed by atoms with Crippen molar-refractivity contribution in [3.05, 3.63) is 12.2 Å². The van der Waals surface area contributed by atoms with Gasteiger partial charge in [-0.05, 0) is 42.9 Å². The van der Waals surface area contributed by atoms with Gasteiger partial charge < -0.3 is 5.11 Å². The van der Waals surface area contributed by atoms with E-state index < -0.39 is 5.97 Å². The lowest BCUT2D eigenvalue weighted by Crippen LogP contribution is -2.25. The number of allylic oxidation sites excluding steroid dienone is 2. The summed E-state index contributed by atoms with van der Waals surface area (Å²) in [5, 5.41) is 9.06. The van der Waals surface area contributed by atoms with Gasteiger partial charge in [0.25, 0.3) is 0 Å². The first-order valence-electron chi connectivity index (χ1n) is 5.18. The van der Waals surface area contributed by atoms with Gasteiger partial charge in [0.05, 0.1) is 5.92 Å². The van der Waals surface area contributed by atoms with Crippen molar-refractivity contribution in [3.63, 3.8) is 0 Å². The van der Waals surface area contributed by atoms with E-state index in [4.69, 9.17) is 5.11 Å².